The van der Waals surface area contributed by atoms with E-state index in [1.807, 2.05) is 12.1 Å². The highest BCUT2D eigenvalue weighted by Gasteiger charge is 2.55. The van der Waals surface area contributed by atoms with Crippen molar-refractivity contribution in [3.63, 3.8) is 0 Å². The Balaban J connectivity index is 1.29. The standard InChI is InChI=1S/C24H29ClN4O2S/c25-18-4-2-16(3-5-18)17-6-12-29(13-7-17)22-26-20-19(32(31)15-23(20)10-11-23)21(27-22)28-24(14-30)8-1-9-24/h2-5,17,30H,1,6-15H2,(H,26,27,28). The third-order valence-electron chi connectivity index (χ3n) is 7.96. The third-order valence-corrected chi connectivity index (χ3v) is 9.87. The second-order valence-corrected chi connectivity index (χ2v) is 11.9. The van der Waals surface area contributed by atoms with Crippen LogP contribution in [0.3, 0.4) is 0 Å². The van der Waals surface area contributed by atoms with Crippen molar-refractivity contribution in [2.45, 2.75) is 66.7 Å². The van der Waals surface area contributed by atoms with E-state index in [9.17, 15) is 9.32 Å². The first-order chi connectivity index (χ1) is 15.5. The lowest BCUT2D eigenvalue weighted by Gasteiger charge is -2.42. The fourth-order valence-corrected chi connectivity index (χ4v) is 7.48. The average molecular weight is 473 g/mol. The molecular weight excluding hydrogens is 444 g/mol. The third kappa shape index (κ3) is 3.44. The Morgan fingerprint density at radius 2 is 1.84 bits per heavy atom. The van der Waals surface area contributed by atoms with E-state index in [1.165, 1.54) is 5.56 Å². The molecule has 2 aromatic rings. The molecule has 1 aromatic heterocycles. The van der Waals surface area contributed by atoms with Crippen molar-refractivity contribution < 1.29 is 9.32 Å². The zero-order chi connectivity index (χ0) is 21.9. The molecule has 3 heterocycles. The Morgan fingerprint density at radius 3 is 2.44 bits per heavy atom. The molecular formula is C24H29ClN4O2S. The summed E-state index contributed by atoms with van der Waals surface area (Å²) in [6.07, 6.45) is 7.14. The zero-order valence-electron chi connectivity index (χ0n) is 18.1. The summed E-state index contributed by atoms with van der Waals surface area (Å²) in [5, 5.41) is 14.3. The average Bonchev–Trinajstić information content (AvgIpc) is 3.50. The molecule has 2 saturated carbocycles. The predicted octanol–water partition coefficient (Wildman–Crippen LogP) is 3.99. The lowest BCUT2D eigenvalue weighted by Crippen LogP contribution is -2.49. The number of halogens is 1. The minimum atomic E-state index is -1.08. The maximum Gasteiger partial charge on any atom is 0.227 e. The van der Waals surface area contributed by atoms with E-state index >= 15 is 0 Å². The topological polar surface area (TPSA) is 78.4 Å². The molecule has 0 bridgehead atoms. The second kappa shape index (κ2) is 7.67. The van der Waals surface area contributed by atoms with Gasteiger partial charge in [-0.05, 0) is 68.6 Å². The Labute approximate surface area is 196 Å². The van der Waals surface area contributed by atoms with Crippen molar-refractivity contribution in [3.05, 3.63) is 40.5 Å². The van der Waals surface area contributed by atoms with Gasteiger partial charge in [0.1, 0.15) is 10.7 Å². The lowest BCUT2D eigenvalue weighted by atomic mass is 9.77. The molecule has 4 aliphatic rings. The first-order valence-corrected chi connectivity index (χ1v) is 13.4. The fraction of sp³-hybridized carbons (Fsp3) is 0.583. The van der Waals surface area contributed by atoms with Crippen LogP contribution in [0.4, 0.5) is 11.8 Å². The minimum Gasteiger partial charge on any atom is -0.394 e. The number of benzene rings is 1. The van der Waals surface area contributed by atoms with Crippen LogP contribution in [0.15, 0.2) is 29.2 Å². The molecule has 2 aliphatic carbocycles. The molecule has 1 aromatic carbocycles. The molecule has 32 heavy (non-hydrogen) atoms. The van der Waals surface area contributed by atoms with Gasteiger partial charge >= 0.3 is 0 Å². The van der Waals surface area contributed by atoms with Crippen LogP contribution in [-0.4, -0.2) is 50.3 Å². The fourth-order valence-electron chi connectivity index (χ4n) is 5.49. The van der Waals surface area contributed by atoms with Gasteiger partial charge in [-0.2, -0.15) is 4.98 Å². The van der Waals surface area contributed by atoms with Gasteiger partial charge in [0.25, 0.3) is 0 Å². The van der Waals surface area contributed by atoms with Gasteiger partial charge in [0.2, 0.25) is 5.95 Å². The normalized spacial score (nSPS) is 25.4. The van der Waals surface area contributed by atoms with E-state index in [2.05, 4.69) is 22.3 Å². The number of hydrogen-bond donors (Lipinski definition) is 2. The highest BCUT2D eigenvalue weighted by Crippen LogP contribution is 2.56. The molecule has 3 fully saturated rings. The van der Waals surface area contributed by atoms with Gasteiger partial charge in [-0.1, -0.05) is 23.7 Å². The highest BCUT2D eigenvalue weighted by atomic mass is 35.5. The van der Waals surface area contributed by atoms with Crippen LogP contribution in [0.5, 0.6) is 0 Å². The lowest BCUT2D eigenvalue weighted by molar-refractivity contribution is 0.143. The molecule has 1 saturated heterocycles. The summed E-state index contributed by atoms with van der Waals surface area (Å²) in [6.45, 7) is 1.87. The molecule has 2 N–H and O–H groups in total. The van der Waals surface area contributed by atoms with Crippen molar-refractivity contribution in [1.82, 2.24) is 9.97 Å². The first-order valence-electron chi connectivity index (χ1n) is 11.7. The van der Waals surface area contributed by atoms with Crippen LogP contribution in [0.1, 0.15) is 62.1 Å². The molecule has 1 atom stereocenters. The number of aliphatic hydroxyl groups excluding tert-OH is 1. The molecule has 1 unspecified atom stereocenters. The number of rotatable bonds is 5. The largest absolute Gasteiger partial charge is 0.394 e. The van der Waals surface area contributed by atoms with Gasteiger partial charge < -0.3 is 15.3 Å². The Bertz CT molecular complexity index is 1050. The summed E-state index contributed by atoms with van der Waals surface area (Å²) in [5.41, 5.74) is 2.00. The molecule has 170 valence electrons. The van der Waals surface area contributed by atoms with Gasteiger partial charge in [0.15, 0.2) is 0 Å². The Kier molecular flexibility index (Phi) is 5.01. The molecule has 6 nitrogen and oxygen atoms in total. The van der Waals surface area contributed by atoms with Crippen LogP contribution in [0, 0.1) is 0 Å². The van der Waals surface area contributed by atoms with E-state index in [0.29, 0.717) is 17.5 Å². The molecule has 8 heteroatoms. The van der Waals surface area contributed by atoms with Crippen LogP contribution < -0.4 is 10.2 Å². The Morgan fingerprint density at radius 1 is 1.12 bits per heavy atom. The van der Waals surface area contributed by atoms with Gasteiger partial charge in [0, 0.05) is 29.3 Å². The molecule has 1 spiro atoms. The minimum absolute atomic E-state index is 0.0120. The number of nitrogens with one attached hydrogen (secondary N) is 1. The van der Waals surface area contributed by atoms with Crippen LogP contribution >= 0.6 is 11.6 Å². The van der Waals surface area contributed by atoms with Crippen LogP contribution in [0.2, 0.25) is 5.02 Å². The van der Waals surface area contributed by atoms with E-state index in [0.717, 1.165) is 79.6 Å². The molecule has 6 rings (SSSR count). The summed E-state index contributed by atoms with van der Waals surface area (Å²) in [6, 6.07) is 8.21. The van der Waals surface area contributed by atoms with Crippen LogP contribution in [-0.2, 0) is 16.2 Å². The van der Waals surface area contributed by atoms with Crippen LogP contribution in [0.25, 0.3) is 0 Å². The molecule has 2 aliphatic heterocycles. The van der Waals surface area contributed by atoms with Gasteiger partial charge in [0.05, 0.1) is 28.6 Å². The van der Waals surface area contributed by atoms with Gasteiger partial charge in [-0.15, -0.1) is 0 Å². The number of hydrogen-bond acceptors (Lipinski definition) is 6. The summed E-state index contributed by atoms with van der Waals surface area (Å²) >= 11 is 6.06. The van der Waals surface area contributed by atoms with Crippen molar-refractivity contribution >= 4 is 34.2 Å². The maximum atomic E-state index is 13.0. The van der Waals surface area contributed by atoms with Crippen molar-refractivity contribution in [2.24, 2.45) is 0 Å². The van der Waals surface area contributed by atoms with E-state index in [1.54, 1.807) is 0 Å². The number of anilines is 2. The number of piperidine rings is 1. The quantitative estimate of drug-likeness (QED) is 0.685. The predicted molar refractivity (Wildman–Crippen MR) is 127 cm³/mol. The van der Waals surface area contributed by atoms with Gasteiger partial charge in [-0.25, -0.2) is 4.98 Å². The van der Waals surface area contributed by atoms with Crippen molar-refractivity contribution in [3.8, 4) is 0 Å². The van der Waals surface area contributed by atoms with Gasteiger partial charge in [-0.3, -0.25) is 4.21 Å². The molecule has 0 amide bonds. The smallest absolute Gasteiger partial charge is 0.227 e. The first kappa shape index (κ1) is 20.9. The summed E-state index contributed by atoms with van der Waals surface area (Å²) in [5.74, 6) is 2.63. The van der Waals surface area contributed by atoms with E-state index in [-0.39, 0.29) is 17.6 Å². The van der Waals surface area contributed by atoms with Crippen molar-refractivity contribution in [2.75, 3.05) is 35.7 Å². The number of nitrogens with zero attached hydrogens (tertiary/aromatic N) is 3. The summed E-state index contributed by atoms with van der Waals surface area (Å²) < 4.78 is 13.0. The maximum absolute atomic E-state index is 13.0. The summed E-state index contributed by atoms with van der Waals surface area (Å²) in [4.78, 5) is 13.0. The second-order valence-electron chi connectivity index (χ2n) is 10.1. The SMILES string of the molecule is O=S1CC2(CC2)c2nc(N3CCC(c4ccc(Cl)cc4)CC3)nc(NC3(CO)CCC3)c21. The van der Waals surface area contributed by atoms with E-state index < -0.39 is 10.8 Å². The monoisotopic (exact) mass is 472 g/mol. The molecule has 0 radical (unpaired) electrons. The number of aliphatic hydroxyl groups is 1. The summed E-state index contributed by atoms with van der Waals surface area (Å²) in [7, 11) is -1.08. The Hall–Kier alpha value is -1.70. The number of fused-ring (bicyclic) bond motifs is 2. The highest BCUT2D eigenvalue weighted by molar-refractivity contribution is 7.85. The zero-order valence-corrected chi connectivity index (χ0v) is 19.7. The number of aromatic nitrogens is 2. The van der Waals surface area contributed by atoms with Crippen molar-refractivity contribution in [1.29, 1.82) is 0 Å². The van der Waals surface area contributed by atoms with E-state index in [4.69, 9.17) is 21.6 Å².